The summed E-state index contributed by atoms with van der Waals surface area (Å²) in [6.07, 6.45) is 15.4. The molecular weight excluding hydrogens is 500 g/mol. The lowest BCUT2D eigenvalue weighted by Crippen LogP contribution is -2.38. The second-order valence-electron chi connectivity index (χ2n) is 10.1. The summed E-state index contributed by atoms with van der Waals surface area (Å²) in [5.41, 5.74) is 4.39. The maximum absolute atomic E-state index is 13.3. The molecule has 198 valence electrons. The van der Waals surface area contributed by atoms with Crippen molar-refractivity contribution in [1.82, 2.24) is 35.0 Å². The number of aromatic nitrogens is 5. The van der Waals surface area contributed by atoms with Crippen LogP contribution in [-0.4, -0.2) is 55.3 Å². The fourth-order valence-electron chi connectivity index (χ4n) is 5.37. The number of nitrogens with zero attached hydrogens (tertiary/aromatic N) is 5. The topological polar surface area (TPSA) is 118 Å². The van der Waals surface area contributed by atoms with E-state index in [0.29, 0.717) is 35.1 Å². The lowest BCUT2D eigenvalue weighted by atomic mass is 9.95. The molecule has 0 radical (unpaired) electrons. The number of carbonyl (C=O) groups excluding carboxylic acids is 2. The first-order chi connectivity index (χ1) is 18.6. The second-order valence-corrected chi connectivity index (χ2v) is 11.1. The number of hydrogen-bond donors (Lipinski definition) is 3. The van der Waals surface area contributed by atoms with Crippen molar-refractivity contribution in [3.63, 3.8) is 0 Å². The van der Waals surface area contributed by atoms with Gasteiger partial charge in [-0.25, -0.2) is 4.52 Å². The minimum Gasteiger partial charge on any atom is -0.351 e. The predicted molar refractivity (Wildman–Crippen MR) is 147 cm³/mol. The number of thiazole rings is 1. The van der Waals surface area contributed by atoms with Gasteiger partial charge in [-0.05, 0) is 38.7 Å². The lowest BCUT2D eigenvalue weighted by Gasteiger charge is -2.22. The third-order valence-electron chi connectivity index (χ3n) is 7.48. The van der Waals surface area contributed by atoms with Crippen LogP contribution in [0.25, 0.3) is 15.3 Å². The zero-order valence-electron chi connectivity index (χ0n) is 21.5. The third kappa shape index (κ3) is 4.95. The summed E-state index contributed by atoms with van der Waals surface area (Å²) in [7, 11) is 0. The molecule has 0 saturated heterocycles. The number of fused-ring (bicyclic) bond motifs is 2. The molecule has 10 nitrogen and oxygen atoms in total. The van der Waals surface area contributed by atoms with Crippen molar-refractivity contribution in [2.75, 3.05) is 18.4 Å². The van der Waals surface area contributed by atoms with E-state index in [1.807, 2.05) is 19.3 Å². The first kappa shape index (κ1) is 24.7. The minimum absolute atomic E-state index is 0.206. The van der Waals surface area contributed by atoms with Crippen LogP contribution in [0.1, 0.15) is 70.6 Å². The third-order valence-corrected chi connectivity index (χ3v) is 8.63. The maximum Gasteiger partial charge on any atom is 0.260 e. The Hall–Kier alpha value is -3.57. The molecule has 3 N–H and O–H groups in total. The molecule has 38 heavy (non-hydrogen) atoms. The number of nitrogens with one attached hydrogen (secondary N) is 3. The summed E-state index contributed by atoms with van der Waals surface area (Å²) >= 11 is 1.53. The van der Waals surface area contributed by atoms with Crippen LogP contribution in [0.3, 0.4) is 0 Å². The van der Waals surface area contributed by atoms with Crippen molar-refractivity contribution in [2.24, 2.45) is 0 Å². The molecule has 2 amide bonds. The molecule has 1 aliphatic heterocycles. The molecule has 0 bridgehead atoms. The predicted octanol–water partition coefficient (Wildman–Crippen LogP) is 3.81. The van der Waals surface area contributed by atoms with E-state index in [1.165, 1.54) is 49.1 Å². The van der Waals surface area contributed by atoms with Gasteiger partial charge < -0.3 is 16.0 Å². The first-order valence-electron chi connectivity index (χ1n) is 13.4. The van der Waals surface area contributed by atoms with Gasteiger partial charge in [0.2, 0.25) is 0 Å². The zero-order chi connectivity index (χ0) is 26.1. The smallest absolute Gasteiger partial charge is 0.260 e. The van der Waals surface area contributed by atoms with Gasteiger partial charge in [-0.2, -0.15) is 10.2 Å². The molecule has 0 spiro atoms. The molecule has 11 heteroatoms. The highest BCUT2D eigenvalue weighted by Crippen LogP contribution is 2.35. The average molecular weight is 533 g/mol. The lowest BCUT2D eigenvalue weighted by molar-refractivity contribution is 0.0951. The zero-order valence-corrected chi connectivity index (χ0v) is 22.3. The summed E-state index contributed by atoms with van der Waals surface area (Å²) in [5.74, 6) is -0.490. The molecule has 1 saturated carbocycles. The van der Waals surface area contributed by atoms with Gasteiger partial charge >= 0.3 is 0 Å². The fraction of sp³-hybridized carbons (Fsp3) is 0.444. The molecule has 6 rings (SSSR count). The Morgan fingerprint density at radius 3 is 2.79 bits per heavy atom. The Bertz CT molecular complexity index is 1480. The Morgan fingerprint density at radius 2 is 1.92 bits per heavy atom. The molecule has 5 heterocycles. The molecule has 4 aromatic heterocycles. The van der Waals surface area contributed by atoms with Gasteiger partial charge in [0.25, 0.3) is 11.8 Å². The number of hydrogen-bond acceptors (Lipinski definition) is 7. The molecule has 1 aliphatic carbocycles. The van der Waals surface area contributed by atoms with Crippen LogP contribution in [0.5, 0.6) is 0 Å². The summed E-state index contributed by atoms with van der Waals surface area (Å²) in [6.45, 7) is 4.04. The molecule has 0 unspecified atom stereocenters. The Labute approximate surface area is 224 Å². The standard InChI is InChI=1S/C27H32N8O2S/c1-17-22(12-18(13-30-17)25(36)29-10-9-28-19-6-3-2-4-7-19)33-26(37)21-15-32-35-16-24(38-27(21)35)20-14-31-34-11-5-8-23(20)34/h12-16,19,28H,2-11H2,1H3,(H,29,36)(H,33,37). The summed E-state index contributed by atoms with van der Waals surface area (Å²) in [4.78, 5) is 32.1. The largest absolute Gasteiger partial charge is 0.351 e. The van der Waals surface area contributed by atoms with Gasteiger partial charge in [0, 0.05) is 49.3 Å². The maximum atomic E-state index is 13.3. The summed E-state index contributed by atoms with van der Waals surface area (Å²) in [5, 5.41) is 18.3. The molecular formula is C27H32N8O2S. The van der Waals surface area contributed by atoms with Gasteiger partial charge in [-0.1, -0.05) is 19.3 Å². The normalized spacial score (nSPS) is 15.6. The number of rotatable bonds is 8. The van der Waals surface area contributed by atoms with Gasteiger partial charge in [-0.15, -0.1) is 11.3 Å². The molecule has 0 atom stereocenters. The van der Waals surface area contributed by atoms with Crippen molar-refractivity contribution in [1.29, 1.82) is 0 Å². The Morgan fingerprint density at radius 1 is 1.05 bits per heavy atom. The van der Waals surface area contributed by atoms with Crippen molar-refractivity contribution in [3.8, 4) is 10.4 Å². The van der Waals surface area contributed by atoms with Crippen molar-refractivity contribution >= 4 is 33.7 Å². The van der Waals surface area contributed by atoms with Gasteiger partial charge in [0.1, 0.15) is 4.83 Å². The SMILES string of the molecule is Cc1ncc(C(=O)NCCNC2CCCCC2)cc1NC(=O)c1cnn2cc(-c3cnn4c3CCC4)sc12. The molecule has 2 aliphatic rings. The van der Waals surface area contributed by atoms with E-state index in [4.69, 9.17) is 0 Å². The van der Waals surface area contributed by atoms with E-state index < -0.39 is 0 Å². The second kappa shape index (κ2) is 10.7. The van der Waals surface area contributed by atoms with Crippen LogP contribution >= 0.6 is 11.3 Å². The van der Waals surface area contributed by atoms with Crippen LogP contribution in [0.2, 0.25) is 0 Å². The van der Waals surface area contributed by atoms with Crippen molar-refractivity contribution in [2.45, 2.75) is 64.5 Å². The molecule has 4 aromatic rings. The van der Waals surface area contributed by atoms with E-state index in [1.54, 1.807) is 23.0 Å². The van der Waals surface area contributed by atoms with E-state index in [2.05, 4.69) is 35.8 Å². The number of amides is 2. The molecule has 1 fully saturated rings. The first-order valence-corrected chi connectivity index (χ1v) is 14.2. The van der Waals surface area contributed by atoms with Crippen LogP contribution in [-0.2, 0) is 13.0 Å². The van der Waals surface area contributed by atoms with Crippen molar-refractivity contribution < 1.29 is 9.59 Å². The van der Waals surface area contributed by atoms with Gasteiger partial charge in [0.15, 0.2) is 0 Å². The highest BCUT2D eigenvalue weighted by molar-refractivity contribution is 7.21. The van der Waals surface area contributed by atoms with Crippen LogP contribution in [0, 0.1) is 6.92 Å². The molecule has 0 aromatic carbocycles. The highest BCUT2D eigenvalue weighted by atomic mass is 32.1. The minimum atomic E-state index is -0.284. The van der Waals surface area contributed by atoms with E-state index in [9.17, 15) is 9.59 Å². The van der Waals surface area contributed by atoms with Crippen LogP contribution < -0.4 is 16.0 Å². The van der Waals surface area contributed by atoms with E-state index in [-0.39, 0.29) is 11.8 Å². The highest BCUT2D eigenvalue weighted by Gasteiger charge is 2.22. The van der Waals surface area contributed by atoms with E-state index in [0.717, 1.165) is 41.2 Å². The average Bonchev–Trinajstić information content (AvgIpc) is 3.70. The number of anilines is 1. The van der Waals surface area contributed by atoms with Gasteiger partial charge in [-0.3, -0.25) is 19.3 Å². The van der Waals surface area contributed by atoms with Crippen LogP contribution in [0.15, 0.2) is 30.9 Å². The van der Waals surface area contributed by atoms with Crippen molar-refractivity contribution in [3.05, 3.63) is 53.4 Å². The fourth-order valence-corrected chi connectivity index (χ4v) is 6.46. The Kier molecular flexibility index (Phi) is 6.94. The number of pyridine rings is 1. The number of aryl methyl sites for hydroxylation is 2. The monoisotopic (exact) mass is 532 g/mol. The quantitative estimate of drug-likeness (QED) is 0.297. The number of carbonyl (C=O) groups is 2. The van der Waals surface area contributed by atoms with Gasteiger partial charge in [0.05, 0.1) is 39.8 Å². The summed E-state index contributed by atoms with van der Waals surface area (Å²) in [6, 6.07) is 2.24. The Balaban J connectivity index is 1.12. The van der Waals surface area contributed by atoms with E-state index >= 15 is 0 Å². The summed E-state index contributed by atoms with van der Waals surface area (Å²) < 4.78 is 3.79. The van der Waals surface area contributed by atoms with Crippen LogP contribution in [0.4, 0.5) is 5.69 Å².